The first-order valence-electron chi connectivity index (χ1n) is 9.31. The number of hydrogen-bond donors (Lipinski definition) is 1. The maximum Gasteiger partial charge on any atom is 0.344 e. The van der Waals surface area contributed by atoms with Crippen LogP contribution in [0.25, 0.3) is 0 Å². The third kappa shape index (κ3) is 6.54. The molecular formula is C22H25NO5. The Kier molecular flexibility index (Phi) is 8.21. The average molecular weight is 383 g/mol. The lowest BCUT2D eigenvalue weighted by Crippen LogP contribution is -2.37. The van der Waals surface area contributed by atoms with Crippen molar-refractivity contribution in [2.45, 2.75) is 32.7 Å². The minimum absolute atomic E-state index is 0.0829. The summed E-state index contributed by atoms with van der Waals surface area (Å²) in [6.07, 6.45) is 1.64. The van der Waals surface area contributed by atoms with E-state index >= 15 is 0 Å². The van der Waals surface area contributed by atoms with Crippen molar-refractivity contribution in [1.82, 2.24) is 5.32 Å². The molecule has 6 nitrogen and oxygen atoms in total. The summed E-state index contributed by atoms with van der Waals surface area (Å²) >= 11 is 0. The van der Waals surface area contributed by atoms with Crippen LogP contribution in [0, 0.1) is 0 Å². The number of esters is 1. The minimum atomic E-state index is -0.635. The molecule has 2 rings (SSSR count). The Morgan fingerprint density at radius 2 is 1.46 bits per heavy atom. The number of rotatable bonds is 10. The van der Waals surface area contributed by atoms with Gasteiger partial charge in [0.2, 0.25) is 0 Å². The van der Waals surface area contributed by atoms with Crippen LogP contribution in [-0.2, 0) is 14.3 Å². The second-order valence-electron chi connectivity index (χ2n) is 6.25. The molecule has 0 aliphatic rings. The van der Waals surface area contributed by atoms with Crippen molar-refractivity contribution in [3.8, 4) is 5.75 Å². The molecule has 6 heteroatoms. The van der Waals surface area contributed by atoms with E-state index in [-0.39, 0.29) is 30.9 Å². The fraction of sp³-hybridized carbons (Fsp3) is 0.318. The van der Waals surface area contributed by atoms with Crippen molar-refractivity contribution in [1.29, 1.82) is 0 Å². The standard InChI is InChI=1S/C22H25NO5/c1-3-18(4-2)23-20(24)14-28-21(25)15-27-19-12-10-17(11-13-19)22(26)16-8-6-5-7-9-16/h5-13,18H,3-4,14-15H2,1-2H3,(H,23,24). The number of amides is 1. The fourth-order valence-corrected chi connectivity index (χ4v) is 2.55. The Hall–Kier alpha value is -3.15. The molecule has 0 aliphatic heterocycles. The number of carbonyl (C=O) groups is 3. The predicted octanol–water partition coefficient (Wildman–Crippen LogP) is 3.14. The van der Waals surface area contributed by atoms with Crippen LogP contribution in [0.5, 0.6) is 5.75 Å². The Morgan fingerprint density at radius 1 is 0.857 bits per heavy atom. The molecule has 0 radical (unpaired) electrons. The largest absolute Gasteiger partial charge is 0.482 e. The summed E-state index contributed by atoms with van der Waals surface area (Å²) in [5.41, 5.74) is 1.13. The molecule has 2 aromatic rings. The topological polar surface area (TPSA) is 81.7 Å². The Balaban J connectivity index is 1.77. The zero-order valence-electron chi connectivity index (χ0n) is 16.1. The number of ether oxygens (including phenoxy) is 2. The number of hydrogen-bond acceptors (Lipinski definition) is 5. The molecule has 0 spiro atoms. The molecule has 0 heterocycles. The molecule has 0 aromatic heterocycles. The monoisotopic (exact) mass is 383 g/mol. The number of ketones is 1. The Labute approximate surface area is 164 Å². The smallest absolute Gasteiger partial charge is 0.344 e. The van der Waals surface area contributed by atoms with Gasteiger partial charge < -0.3 is 14.8 Å². The van der Waals surface area contributed by atoms with Crippen molar-refractivity contribution >= 4 is 17.7 Å². The van der Waals surface area contributed by atoms with Crippen LogP contribution >= 0.6 is 0 Å². The highest BCUT2D eigenvalue weighted by molar-refractivity contribution is 6.08. The van der Waals surface area contributed by atoms with E-state index in [1.165, 1.54) is 0 Å². The first-order valence-corrected chi connectivity index (χ1v) is 9.31. The SMILES string of the molecule is CCC(CC)NC(=O)COC(=O)COc1ccc(C(=O)c2ccccc2)cc1. The summed E-state index contributed by atoms with van der Waals surface area (Å²) < 4.78 is 10.3. The summed E-state index contributed by atoms with van der Waals surface area (Å²) in [7, 11) is 0. The molecule has 148 valence electrons. The molecule has 0 saturated heterocycles. The second kappa shape index (κ2) is 10.9. The first-order chi connectivity index (χ1) is 13.5. The van der Waals surface area contributed by atoms with Gasteiger partial charge in [0.25, 0.3) is 5.91 Å². The van der Waals surface area contributed by atoms with Gasteiger partial charge in [0.1, 0.15) is 5.75 Å². The molecule has 0 unspecified atom stereocenters. The average Bonchev–Trinajstić information content (AvgIpc) is 2.75. The molecule has 1 amide bonds. The van der Waals surface area contributed by atoms with Gasteiger partial charge in [-0.15, -0.1) is 0 Å². The van der Waals surface area contributed by atoms with Gasteiger partial charge in [-0.25, -0.2) is 4.79 Å². The first kappa shape index (κ1) is 21.2. The molecule has 1 N–H and O–H groups in total. The maximum absolute atomic E-state index is 12.3. The lowest BCUT2D eigenvalue weighted by molar-refractivity contribution is -0.150. The van der Waals surface area contributed by atoms with Crippen LogP contribution in [-0.4, -0.2) is 36.9 Å². The van der Waals surface area contributed by atoms with Crippen molar-refractivity contribution in [2.24, 2.45) is 0 Å². The lowest BCUT2D eigenvalue weighted by Gasteiger charge is -2.14. The van der Waals surface area contributed by atoms with Gasteiger partial charge in [0, 0.05) is 17.2 Å². The lowest BCUT2D eigenvalue weighted by atomic mass is 10.0. The normalized spacial score (nSPS) is 10.4. The summed E-state index contributed by atoms with van der Waals surface area (Å²) in [5.74, 6) is -0.618. The van der Waals surface area contributed by atoms with E-state index in [2.05, 4.69) is 5.32 Å². The molecule has 28 heavy (non-hydrogen) atoms. The van der Waals surface area contributed by atoms with Crippen molar-refractivity contribution in [3.05, 3.63) is 65.7 Å². The van der Waals surface area contributed by atoms with Crippen molar-refractivity contribution in [2.75, 3.05) is 13.2 Å². The Bertz CT molecular complexity index is 782. The minimum Gasteiger partial charge on any atom is -0.482 e. The number of nitrogens with one attached hydrogen (secondary N) is 1. The van der Waals surface area contributed by atoms with Crippen LogP contribution in [0.1, 0.15) is 42.6 Å². The number of carbonyl (C=O) groups excluding carboxylic acids is 3. The third-order valence-corrected chi connectivity index (χ3v) is 4.22. The predicted molar refractivity (Wildman–Crippen MR) is 105 cm³/mol. The van der Waals surface area contributed by atoms with Crippen LogP contribution in [0.3, 0.4) is 0 Å². The molecule has 0 aliphatic carbocycles. The number of benzene rings is 2. The van der Waals surface area contributed by atoms with Crippen LogP contribution in [0.2, 0.25) is 0 Å². The van der Waals surface area contributed by atoms with E-state index in [1.807, 2.05) is 19.9 Å². The van der Waals surface area contributed by atoms with Gasteiger partial charge in [0.05, 0.1) is 0 Å². The van der Waals surface area contributed by atoms with Gasteiger partial charge in [-0.2, -0.15) is 0 Å². The molecule has 2 aromatic carbocycles. The Morgan fingerprint density at radius 3 is 2.07 bits per heavy atom. The van der Waals surface area contributed by atoms with Crippen LogP contribution in [0.15, 0.2) is 54.6 Å². The highest BCUT2D eigenvalue weighted by Gasteiger charge is 2.12. The summed E-state index contributed by atoms with van der Waals surface area (Å²) in [4.78, 5) is 35.8. The van der Waals surface area contributed by atoms with Gasteiger partial charge in [-0.05, 0) is 37.1 Å². The van der Waals surface area contributed by atoms with E-state index in [0.717, 1.165) is 12.8 Å². The van der Waals surface area contributed by atoms with Crippen molar-refractivity contribution in [3.63, 3.8) is 0 Å². The van der Waals surface area contributed by atoms with Gasteiger partial charge in [0.15, 0.2) is 19.0 Å². The van der Waals surface area contributed by atoms with Crippen LogP contribution < -0.4 is 10.1 Å². The summed E-state index contributed by atoms with van der Waals surface area (Å²) in [5, 5.41) is 2.79. The van der Waals surface area contributed by atoms with Gasteiger partial charge >= 0.3 is 5.97 Å². The zero-order valence-corrected chi connectivity index (χ0v) is 16.1. The van der Waals surface area contributed by atoms with E-state index in [0.29, 0.717) is 16.9 Å². The highest BCUT2D eigenvalue weighted by atomic mass is 16.6. The summed E-state index contributed by atoms with van der Waals surface area (Å²) in [6.45, 7) is 3.31. The quantitative estimate of drug-likeness (QED) is 0.503. The second-order valence-corrected chi connectivity index (χ2v) is 6.25. The summed E-state index contributed by atoms with van der Waals surface area (Å²) in [6, 6.07) is 15.6. The molecular weight excluding hydrogens is 358 g/mol. The van der Waals surface area contributed by atoms with E-state index in [1.54, 1.807) is 48.5 Å². The molecule has 0 saturated carbocycles. The zero-order chi connectivity index (χ0) is 20.4. The van der Waals surface area contributed by atoms with Gasteiger partial charge in [-0.3, -0.25) is 9.59 Å². The molecule has 0 atom stereocenters. The van der Waals surface area contributed by atoms with Crippen LogP contribution in [0.4, 0.5) is 0 Å². The van der Waals surface area contributed by atoms with Gasteiger partial charge in [-0.1, -0.05) is 44.2 Å². The maximum atomic E-state index is 12.3. The molecule has 0 bridgehead atoms. The van der Waals surface area contributed by atoms with E-state index in [4.69, 9.17) is 9.47 Å². The fourth-order valence-electron chi connectivity index (χ4n) is 2.55. The van der Waals surface area contributed by atoms with E-state index in [9.17, 15) is 14.4 Å². The molecule has 0 fully saturated rings. The third-order valence-electron chi connectivity index (χ3n) is 4.22. The highest BCUT2D eigenvalue weighted by Crippen LogP contribution is 2.15. The van der Waals surface area contributed by atoms with E-state index < -0.39 is 5.97 Å². The van der Waals surface area contributed by atoms with Crippen molar-refractivity contribution < 1.29 is 23.9 Å².